The predicted molar refractivity (Wildman–Crippen MR) is 131 cm³/mol. The molecule has 0 aliphatic carbocycles. The van der Waals surface area contributed by atoms with Gasteiger partial charge in [-0.25, -0.2) is 9.78 Å². The summed E-state index contributed by atoms with van der Waals surface area (Å²) in [4.78, 5) is 16.9. The molecule has 36 heavy (non-hydrogen) atoms. The number of hydrogen-bond donors (Lipinski definition) is 1. The summed E-state index contributed by atoms with van der Waals surface area (Å²) < 4.78 is 49.7. The maximum Gasteiger partial charge on any atom is 0.416 e. The summed E-state index contributed by atoms with van der Waals surface area (Å²) in [5.41, 5.74) is 0.105. The fourth-order valence-corrected chi connectivity index (χ4v) is 3.50. The van der Waals surface area contributed by atoms with Crippen molar-refractivity contribution in [3.8, 4) is 17.1 Å². The topological polar surface area (TPSA) is 77.1 Å². The summed E-state index contributed by atoms with van der Waals surface area (Å²) >= 11 is 0. The summed E-state index contributed by atoms with van der Waals surface area (Å²) in [6, 6.07) is 10.6. The van der Waals surface area contributed by atoms with Crippen LogP contribution in [-0.4, -0.2) is 32.4 Å². The molecule has 0 spiro atoms. The van der Waals surface area contributed by atoms with Crippen LogP contribution in [0.4, 0.5) is 13.2 Å². The maximum atomic E-state index is 12.7. The van der Waals surface area contributed by atoms with Crippen LogP contribution in [0.1, 0.15) is 63.6 Å². The molecule has 3 aromatic rings. The molecule has 6 nitrogen and oxygen atoms in total. The van der Waals surface area contributed by atoms with Crippen molar-refractivity contribution in [3.05, 3.63) is 65.0 Å². The van der Waals surface area contributed by atoms with Crippen LogP contribution >= 0.6 is 0 Å². The lowest BCUT2D eigenvalue weighted by Gasteiger charge is -2.29. The van der Waals surface area contributed by atoms with Crippen molar-refractivity contribution in [2.24, 2.45) is 0 Å². The number of aryl methyl sites for hydroxylation is 3. The first-order valence-corrected chi connectivity index (χ1v) is 11.7. The zero-order valence-electron chi connectivity index (χ0n) is 21.4. The zero-order valence-corrected chi connectivity index (χ0v) is 21.4. The Kier molecular flexibility index (Phi) is 7.81. The molecular formula is C27H32F3N3O3. The SMILES string of the molecule is Cc1cc(CCCc2nc(-c3ccc(C(F)(F)F)cc3)n[nH]2)ccc1OC(C)(C)C(=O)OC(C)(C)C. The van der Waals surface area contributed by atoms with Gasteiger partial charge in [-0.2, -0.15) is 18.3 Å². The summed E-state index contributed by atoms with van der Waals surface area (Å²) in [6.45, 7) is 10.7. The first-order valence-electron chi connectivity index (χ1n) is 11.7. The normalized spacial score (nSPS) is 12.5. The lowest BCUT2D eigenvalue weighted by atomic mass is 10.0. The van der Waals surface area contributed by atoms with Crippen molar-refractivity contribution in [2.75, 3.05) is 0 Å². The van der Waals surface area contributed by atoms with Crippen LogP contribution in [0.3, 0.4) is 0 Å². The lowest BCUT2D eigenvalue weighted by Crippen LogP contribution is -2.43. The van der Waals surface area contributed by atoms with Gasteiger partial charge in [0.05, 0.1) is 5.56 Å². The van der Waals surface area contributed by atoms with E-state index in [1.807, 2.05) is 45.9 Å². The molecule has 0 atom stereocenters. The maximum absolute atomic E-state index is 12.7. The van der Waals surface area contributed by atoms with E-state index in [-0.39, 0.29) is 0 Å². The molecule has 0 saturated heterocycles. The third-order valence-corrected chi connectivity index (χ3v) is 5.38. The summed E-state index contributed by atoms with van der Waals surface area (Å²) in [5.74, 6) is 1.22. The number of rotatable bonds is 8. The Labute approximate surface area is 209 Å². The third-order valence-electron chi connectivity index (χ3n) is 5.38. The largest absolute Gasteiger partial charge is 0.476 e. The highest BCUT2D eigenvalue weighted by atomic mass is 19.4. The van der Waals surface area contributed by atoms with E-state index >= 15 is 0 Å². The number of nitrogens with zero attached hydrogens (tertiary/aromatic N) is 2. The number of hydrogen-bond acceptors (Lipinski definition) is 5. The van der Waals surface area contributed by atoms with Crippen LogP contribution in [0.15, 0.2) is 42.5 Å². The first-order chi connectivity index (χ1) is 16.6. The number of esters is 1. The minimum absolute atomic E-state index is 0.365. The monoisotopic (exact) mass is 503 g/mol. The molecule has 0 amide bonds. The number of carbonyl (C=O) groups excluding carboxylic acids is 1. The highest BCUT2D eigenvalue weighted by Crippen LogP contribution is 2.30. The van der Waals surface area contributed by atoms with E-state index in [2.05, 4.69) is 15.2 Å². The minimum atomic E-state index is -4.38. The Balaban J connectivity index is 1.55. The molecule has 194 valence electrons. The zero-order chi connectivity index (χ0) is 26.7. The molecule has 9 heteroatoms. The molecule has 2 aromatic carbocycles. The third kappa shape index (κ3) is 7.32. The fourth-order valence-electron chi connectivity index (χ4n) is 3.50. The van der Waals surface area contributed by atoms with Gasteiger partial charge in [0, 0.05) is 12.0 Å². The van der Waals surface area contributed by atoms with Crippen LogP contribution < -0.4 is 4.74 Å². The molecule has 0 aliphatic heterocycles. The van der Waals surface area contributed by atoms with Gasteiger partial charge in [-0.3, -0.25) is 5.10 Å². The van der Waals surface area contributed by atoms with Crippen molar-refractivity contribution in [1.82, 2.24) is 15.2 Å². The van der Waals surface area contributed by atoms with Crippen molar-refractivity contribution in [1.29, 1.82) is 0 Å². The Morgan fingerprint density at radius 1 is 0.972 bits per heavy atom. The summed E-state index contributed by atoms with van der Waals surface area (Å²) in [7, 11) is 0. The van der Waals surface area contributed by atoms with Gasteiger partial charge in [-0.05, 0) is 83.7 Å². The number of carbonyl (C=O) groups is 1. The van der Waals surface area contributed by atoms with Crippen molar-refractivity contribution in [2.45, 2.75) is 78.2 Å². The molecule has 0 bridgehead atoms. The number of alkyl halides is 3. The van der Waals surface area contributed by atoms with Gasteiger partial charge in [-0.1, -0.05) is 24.3 Å². The summed E-state index contributed by atoms with van der Waals surface area (Å²) in [6.07, 6.45) is -2.16. The number of H-pyrrole nitrogens is 1. The van der Waals surface area contributed by atoms with Gasteiger partial charge in [0.2, 0.25) is 0 Å². The fraction of sp³-hybridized carbons (Fsp3) is 0.444. The van der Waals surface area contributed by atoms with E-state index in [0.717, 1.165) is 36.1 Å². The number of nitrogens with one attached hydrogen (secondary N) is 1. The van der Waals surface area contributed by atoms with E-state index in [0.29, 0.717) is 29.4 Å². The molecule has 0 fully saturated rings. The average Bonchev–Trinajstić information content (AvgIpc) is 3.23. The van der Waals surface area contributed by atoms with Gasteiger partial charge in [-0.15, -0.1) is 0 Å². The highest BCUT2D eigenvalue weighted by Gasteiger charge is 2.35. The summed E-state index contributed by atoms with van der Waals surface area (Å²) in [5, 5.41) is 6.99. The van der Waals surface area contributed by atoms with Crippen LogP contribution in [-0.2, 0) is 28.5 Å². The Morgan fingerprint density at radius 3 is 2.22 bits per heavy atom. The van der Waals surface area contributed by atoms with Crippen LogP contribution in [0.2, 0.25) is 0 Å². The smallest absolute Gasteiger partial charge is 0.416 e. The lowest BCUT2D eigenvalue weighted by molar-refractivity contribution is -0.171. The molecule has 1 heterocycles. The number of aromatic nitrogens is 3. The quantitative estimate of drug-likeness (QED) is 0.356. The molecule has 1 aromatic heterocycles. The van der Waals surface area contributed by atoms with E-state index in [1.165, 1.54) is 12.1 Å². The Hall–Kier alpha value is -3.36. The number of halogens is 3. The van der Waals surface area contributed by atoms with Crippen LogP contribution in [0.5, 0.6) is 5.75 Å². The minimum Gasteiger partial charge on any atom is -0.476 e. The average molecular weight is 504 g/mol. The standard InChI is InChI=1S/C27H32F3N3O3/c1-17-16-18(10-15-21(17)35-26(5,6)24(34)36-25(2,3)4)8-7-9-22-31-23(33-32-22)19-11-13-20(14-12-19)27(28,29)30/h10-16H,7-9H2,1-6H3,(H,31,32,33). The second kappa shape index (κ2) is 10.3. The first kappa shape index (κ1) is 27.2. The van der Waals surface area contributed by atoms with Crippen LogP contribution in [0, 0.1) is 6.92 Å². The second-order valence-corrected chi connectivity index (χ2v) is 10.2. The van der Waals surface area contributed by atoms with E-state index in [4.69, 9.17) is 9.47 Å². The molecule has 1 N–H and O–H groups in total. The van der Waals surface area contributed by atoms with Crippen LogP contribution in [0.25, 0.3) is 11.4 Å². The van der Waals surface area contributed by atoms with Gasteiger partial charge in [0.15, 0.2) is 11.4 Å². The van der Waals surface area contributed by atoms with Crippen molar-refractivity contribution in [3.63, 3.8) is 0 Å². The van der Waals surface area contributed by atoms with Gasteiger partial charge < -0.3 is 9.47 Å². The van der Waals surface area contributed by atoms with Crippen molar-refractivity contribution >= 4 is 5.97 Å². The Bertz CT molecular complexity index is 1190. The van der Waals surface area contributed by atoms with E-state index < -0.39 is 28.9 Å². The van der Waals surface area contributed by atoms with Gasteiger partial charge in [0.1, 0.15) is 17.2 Å². The predicted octanol–water partition coefficient (Wildman–Crippen LogP) is 6.47. The van der Waals surface area contributed by atoms with Gasteiger partial charge >= 0.3 is 12.1 Å². The molecule has 3 rings (SSSR count). The van der Waals surface area contributed by atoms with E-state index in [9.17, 15) is 18.0 Å². The second-order valence-electron chi connectivity index (χ2n) is 10.2. The van der Waals surface area contributed by atoms with Crippen molar-refractivity contribution < 1.29 is 27.4 Å². The molecule has 0 saturated carbocycles. The number of aromatic amines is 1. The van der Waals surface area contributed by atoms with Gasteiger partial charge in [0.25, 0.3) is 0 Å². The highest BCUT2D eigenvalue weighted by molar-refractivity contribution is 5.79. The molecule has 0 aliphatic rings. The van der Waals surface area contributed by atoms with E-state index in [1.54, 1.807) is 13.8 Å². The molecule has 0 radical (unpaired) electrons. The number of ether oxygens (including phenoxy) is 2. The molecule has 0 unspecified atom stereocenters. The number of benzene rings is 2. The Morgan fingerprint density at radius 2 is 1.64 bits per heavy atom. The molecular weight excluding hydrogens is 471 g/mol.